The standard InChI is InChI=1S/C16H17BrClNO/c1-10-3-4-12(7-11(2)19)8-15(10)20-16-9-13(17)5-6-14(16)18/h3-6,8-9,11H,7,19H2,1-2H3. The highest BCUT2D eigenvalue weighted by Crippen LogP contribution is 2.33. The minimum atomic E-state index is 0.125. The van der Waals surface area contributed by atoms with Gasteiger partial charge in [-0.05, 0) is 55.7 Å². The second-order valence-corrected chi connectivity index (χ2v) is 6.28. The van der Waals surface area contributed by atoms with E-state index in [4.69, 9.17) is 22.1 Å². The molecule has 0 aliphatic heterocycles. The Balaban J connectivity index is 2.30. The predicted molar refractivity (Wildman–Crippen MR) is 87.8 cm³/mol. The quantitative estimate of drug-likeness (QED) is 0.829. The summed E-state index contributed by atoms with van der Waals surface area (Å²) < 4.78 is 6.87. The van der Waals surface area contributed by atoms with Crippen molar-refractivity contribution in [2.75, 3.05) is 0 Å². The molecule has 0 aliphatic carbocycles. The number of rotatable bonds is 4. The molecule has 0 amide bonds. The molecule has 2 aromatic rings. The molecule has 0 saturated heterocycles. The normalized spacial score (nSPS) is 12.2. The topological polar surface area (TPSA) is 35.2 Å². The van der Waals surface area contributed by atoms with Crippen LogP contribution in [0.5, 0.6) is 11.5 Å². The van der Waals surface area contributed by atoms with E-state index in [0.717, 1.165) is 27.8 Å². The van der Waals surface area contributed by atoms with Crippen molar-refractivity contribution in [3.8, 4) is 11.5 Å². The fraction of sp³-hybridized carbons (Fsp3) is 0.250. The Morgan fingerprint density at radius 3 is 2.65 bits per heavy atom. The van der Waals surface area contributed by atoms with Crippen LogP contribution in [0.25, 0.3) is 0 Å². The van der Waals surface area contributed by atoms with Crippen LogP contribution in [0.3, 0.4) is 0 Å². The summed E-state index contributed by atoms with van der Waals surface area (Å²) in [5, 5.41) is 0.588. The molecule has 2 nitrogen and oxygen atoms in total. The zero-order chi connectivity index (χ0) is 14.7. The molecule has 1 unspecified atom stereocenters. The van der Waals surface area contributed by atoms with Gasteiger partial charge in [0, 0.05) is 10.5 Å². The lowest BCUT2D eigenvalue weighted by atomic mass is 10.1. The van der Waals surface area contributed by atoms with Gasteiger partial charge in [0.25, 0.3) is 0 Å². The highest BCUT2D eigenvalue weighted by Gasteiger charge is 2.08. The molecule has 0 spiro atoms. The van der Waals surface area contributed by atoms with E-state index < -0.39 is 0 Å². The number of nitrogens with two attached hydrogens (primary N) is 1. The zero-order valence-corrected chi connectivity index (χ0v) is 13.8. The summed E-state index contributed by atoms with van der Waals surface area (Å²) in [4.78, 5) is 0. The summed E-state index contributed by atoms with van der Waals surface area (Å²) in [6.07, 6.45) is 0.822. The van der Waals surface area contributed by atoms with Gasteiger partial charge in [0.2, 0.25) is 0 Å². The van der Waals surface area contributed by atoms with E-state index in [0.29, 0.717) is 10.8 Å². The van der Waals surface area contributed by atoms with Crippen molar-refractivity contribution in [2.24, 2.45) is 5.73 Å². The second-order valence-electron chi connectivity index (χ2n) is 4.96. The van der Waals surface area contributed by atoms with Crippen molar-refractivity contribution >= 4 is 27.5 Å². The van der Waals surface area contributed by atoms with Gasteiger partial charge >= 0.3 is 0 Å². The van der Waals surface area contributed by atoms with Gasteiger partial charge in [0.05, 0.1) is 5.02 Å². The van der Waals surface area contributed by atoms with Gasteiger partial charge in [0.1, 0.15) is 11.5 Å². The van der Waals surface area contributed by atoms with E-state index in [2.05, 4.69) is 22.0 Å². The Kier molecular flexibility index (Phi) is 5.08. The molecule has 0 radical (unpaired) electrons. The van der Waals surface area contributed by atoms with Crippen molar-refractivity contribution in [1.29, 1.82) is 0 Å². The molecule has 0 fully saturated rings. The van der Waals surface area contributed by atoms with Crippen LogP contribution in [-0.4, -0.2) is 6.04 Å². The van der Waals surface area contributed by atoms with Gasteiger partial charge in [-0.3, -0.25) is 0 Å². The van der Waals surface area contributed by atoms with Crippen LogP contribution in [0.15, 0.2) is 40.9 Å². The van der Waals surface area contributed by atoms with Crippen LogP contribution in [0.4, 0.5) is 0 Å². The minimum absolute atomic E-state index is 0.125. The summed E-state index contributed by atoms with van der Waals surface area (Å²) in [6, 6.07) is 11.8. The fourth-order valence-corrected chi connectivity index (χ4v) is 2.42. The minimum Gasteiger partial charge on any atom is -0.455 e. The number of ether oxygens (including phenoxy) is 1. The molecule has 0 heterocycles. The molecule has 2 aromatic carbocycles. The van der Waals surface area contributed by atoms with Gasteiger partial charge in [-0.1, -0.05) is 39.7 Å². The molecule has 20 heavy (non-hydrogen) atoms. The van der Waals surface area contributed by atoms with E-state index in [-0.39, 0.29) is 6.04 Å². The molecule has 0 aromatic heterocycles. The average Bonchev–Trinajstić information content (AvgIpc) is 2.37. The third-order valence-electron chi connectivity index (χ3n) is 2.92. The summed E-state index contributed by atoms with van der Waals surface area (Å²) >= 11 is 9.58. The van der Waals surface area contributed by atoms with Crippen LogP contribution >= 0.6 is 27.5 Å². The first-order chi connectivity index (χ1) is 9.45. The average molecular weight is 355 g/mol. The maximum absolute atomic E-state index is 6.16. The zero-order valence-electron chi connectivity index (χ0n) is 11.5. The Labute approximate surface area is 133 Å². The van der Waals surface area contributed by atoms with Crippen LogP contribution in [0, 0.1) is 6.92 Å². The van der Waals surface area contributed by atoms with Gasteiger partial charge in [0.15, 0.2) is 0 Å². The third-order valence-corrected chi connectivity index (χ3v) is 3.73. The molecular weight excluding hydrogens is 338 g/mol. The summed E-state index contributed by atoms with van der Waals surface area (Å²) in [6.45, 7) is 4.00. The van der Waals surface area contributed by atoms with Gasteiger partial charge in [-0.2, -0.15) is 0 Å². The Hall–Kier alpha value is -1.03. The number of halogens is 2. The highest BCUT2D eigenvalue weighted by molar-refractivity contribution is 9.10. The molecule has 2 N–H and O–H groups in total. The van der Waals surface area contributed by atoms with Crippen molar-refractivity contribution in [3.63, 3.8) is 0 Å². The first-order valence-corrected chi connectivity index (χ1v) is 7.61. The van der Waals surface area contributed by atoms with Gasteiger partial charge < -0.3 is 10.5 Å². The summed E-state index contributed by atoms with van der Waals surface area (Å²) in [5.41, 5.74) is 8.06. The van der Waals surface area contributed by atoms with Crippen molar-refractivity contribution in [2.45, 2.75) is 26.3 Å². The molecule has 1 atom stereocenters. The first kappa shape index (κ1) is 15.4. The van der Waals surface area contributed by atoms with Crippen LogP contribution in [0.2, 0.25) is 5.02 Å². The smallest absolute Gasteiger partial charge is 0.147 e. The van der Waals surface area contributed by atoms with E-state index >= 15 is 0 Å². The molecule has 0 aliphatic rings. The monoisotopic (exact) mass is 353 g/mol. The molecule has 4 heteroatoms. The summed E-state index contributed by atoms with van der Waals surface area (Å²) in [5.74, 6) is 1.45. The molecular formula is C16H17BrClNO. The van der Waals surface area contributed by atoms with E-state index in [1.807, 2.05) is 44.2 Å². The van der Waals surface area contributed by atoms with E-state index in [1.54, 1.807) is 0 Å². The van der Waals surface area contributed by atoms with E-state index in [1.165, 1.54) is 0 Å². The van der Waals surface area contributed by atoms with Gasteiger partial charge in [-0.15, -0.1) is 0 Å². The largest absolute Gasteiger partial charge is 0.455 e. The number of hydrogen-bond acceptors (Lipinski definition) is 2. The lowest BCUT2D eigenvalue weighted by molar-refractivity contribution is 0.478. The Bertz CT molecular complexity index is 613. The number of aryl methyl sites for hydroxylation is 1. The molecule has 2 rings (SSSR count). The maximum atomic E-state index is 6.16. The SMILES string of the molecule is Cc1ccc(CC(C)N)cc1Oc1cc(Br)ccc1Cl. The Morgan fingerprint density at radius 2 is 1.95 bits per heavy atom. The van der Waals surface area contributed by atoms with E-state index in [9.17, 15) is 0 Å². The molecule has 0 bridgehead atoms. The van der Waals surface area contributed by atoms with Crippen molar-refractivity contribution < 1.29 is 4.74 Å². The van der Waals surface area contributed by atoms with Crippen LogP contribution in [-0.2, 0) is 6.42 Å². The fourth-order valence-electron chi connectivity index (χ4n) is 1.93. The maximum Gasteiger partial charge on any atom is 0.147 e. The predicted octanol–water partition coefficient (Wildman–Crippen LogP) is 5.09. The van der Waals surface area contributed by atoms with Crippen molar-refractivity contribution in [3.05, 3.63) is 57.0 Å². The van der Waals surface area contributed by atoms with Crippen LogP contribution in [0.1, 0.15) is 18.1 Å². The molecule has 106 valence electrons. The van der Waals surface area contributed by atoms with Crippen molar-refractivity contribution in [1.82, 2.24) is 0 Å². The molecule has 0 saturated carbocycles. The Morgan fingerprint density at radius 1 is 1.20 bits per heavy atom. The number of hydrogen-bond donors (Lipinski definition) is 1. The van der Waals surface area contributed by atoms with Crippen LogP contribution < -0.4 is 10.5 Å². The second kappa shape index (κ2) is 6.61. The summed E-state index contributed by atoms with van der Waals surface area (Å²) in [7, 11) is 0. The lowest BCUT2D eigenvalue weighted by Gasteiger charge is -2.13. The highest BCUT2D eigenvalue weighted by atomic mass is 79.9. The van der Waals surface area contributed by atoms with Gasteiger partial charge in [-0.25, -0.2) is 0 Å². The third kappa shape index (κ3) is 3.98. The number of benzene rings is 2. The first-order valence-electron chi connectivity index (χ1n) is 6.43. The lowest BCUT2D eigenvalue weighted by Crippen LogP contribution is -2.17.